The third-order valence-electron chi connectivity index (χ3n) is 3.54. The molecule has 1 saturated heterocycles. The van der Waals surface area contributed by atoms with E-state index in [1.54, 1.807) is 23.1 Å². The van der Waals surface area contributed by atoms with E-state index in [0.717, 1.165) is 6.42 Å². The minimum Gasteiger partial charge on any atom is -0.495 e. The molecule has 0 bridgehead atoms. The molecule has 1 aliphatic rings. The van der Waals surface area contributed by atoms with Crippen molar-refractivity contribution in [2.75, 3.05) is 25.5 Å². The summed E-state index contributed by atoms with van der Waals surface area (Å²) >= 11 is 6.08. The first-order valence-corrected chi connectivity index (χ1v) is 7.08. The molecule has 1 heterocycles. The number of benzene rings is 1. The van der Waals surface area contributed by atoms with E-state index in [-0.39, 0.29) is 17.9 Å². The van der Waals surface area contributed by atoms with E-state index in [4.69, 9.17) is 22.1 Å². The van der Waals surface area contributed by atoms with Crippen LogP contribution in [0.3, 0.4) is 0 Å². The molecule has 21 heavy (non-hydrogen) atoms. The Bertz CT molecular complexity index is 550. The summed E-state index contributed by atoms with van der Waals surface area (Å²) in [6, 6.07) is 4.81. The molecule has 2 rings (SSSR count). The van der Waals surface area contributed by atoms with Gasteiger partial charge in [0.05, 0.1) is 18.1 Å². The summed E-state index contributed by atoms with van der Waals surface area (Å²) in [5, 5.41) is 3.13. The van der Waals surface area contributed by atoms with Gasteiger partial charge in [0.2, 0.25) is 5.91 Å². The number of anilines is 1. The minimum atomic E-state index is -0.372. The normalized spacial score (nSPS) is 18.2. The van der Waals surface area contributed by atoms with Crippen LogP contribution in [0, 0.1) is 5.92 Å². The van der Waals surface area contributed by atoms with Crippen LogP contribution in [0.25, 0.3) is 0 Å². The number of carbonyl (C=O) groups is 2. The molecule has 114 valence electrons. The number of nitrogens with zero attached hydrogens (tertiary/aromatic N) is 1. The first-order valence-electron chi connectivity index (χ1n) is 6.70. The highest BCUT2D eigenvalue weighted by molar-refractivity contribution is 6.34. The average Bonchev–Trinajstić information content (AvgIpc) is 2.49. The maximum Gasteiger partial charge on any atom is 0.322 e. The number of carbonyl (C=O) groups excluding carboxylic acids is 2. The fourth-order valence-electron chi connectivity index (χ4n) is 2.38. The molecule has 1 aliphatic heterocycles. The smallest absolute Gasteiger partial charge is 0.322 e. The number of hydrogen-bond donors (Lipinski definition) is 2. The third-order valence-corrected chi connectivity index (χ3v) is 3.85. The predicted molar refractivity (Wildman–Crippen MR) is 80.5 cm³/mol. The minimum absolute atomic E-state index is 0.294. The number of methoxy groups -OCH3 is 1. The van der Waals surface area contributed by atoms with Gasteiger partial charge in [0.15, 0.2) is 0 Å². The standard InChI is InChI=1S/C14H18ClN3O3/c1-21-11-6-2-5-10(15)12(11)17-14(20)18-7-3-4-9(8-18)13(16)19/h2,5-6,9H,3-4,7-8H2,1H3,(H2,16,19)(H,17,20)/t9-/m0/s1. The molecule has 0 unspecified atom stereocenters. The molecule has 0 saturated carbocycles. The molecular weight excluding hydrogens is 294 g/mol. The molecule has 1 atom stereocenters. The Morgan fingerprint density at radius 3 is 2.90 bits per heavy atom. The van der Waals surface area contributed by atoms with Crippen LogP contribution in [-0.2, 0) is 4.79 Å². The van der Waals surface area contributed by atoms with Gasteiger partial charge < -0.3 is 20.7 Å². The van der Waals surface area contributed by atoms with Crippen LogP contribution in [0.15, 0.2) is 18.2 Å². The lowest BCUT2D eigenvalue weighted by Gasteiger charge is -2.31. The average molecular weight is 312 g/mol. The number of likely N-dealkylation sites (tertiary alicyclic amines) is 1. The number of rotatable bonds is 3. The van der Waals surface area contributed by atoms with Gasteiger partial charge in [0.25, 0.3) is 0 Å². The van der Waals surface area contributed by atoms with Crippen molar-refractivity contribution < 1.29 is 14.3 Å². The van der Waals surface area contributed by atoms with Crippen LogP contribution in [0.5, 0.6) is 5.75 Å². The largest absolute Gasteiger partial charge is 0.495 e. The van der Waals surface area contributed by atoms with E-state index in [9.17, 15) is 9.59 Å². The molecule has 1 aromatic carbocycles. The highest BCUT2D eigenvalue weighted by Crippen LogP contribution is 2.32. The number of ether oxygens (including phenoxy) is 1. The Labute approximate surface area is 128 Å². The summed E-state index contributed by atoms with van der Waals surface area (Å²) in [5.41, 5.74) is 5.74. The Morgan fingerprint density at radius 2 is 2.24 bits per heavy atom. The molecule has 0 aromatic heterocycles. The van der Waals surface area contributed by atoms with E-state index < -0.39 is 0 Å². The summed E-state index contributed by atoms with van der Waals surface area (Å²) in [6.45, 7) is 0.913. The van der Waals surface area contributed by atoms with Gasteiger partial charge in [-0.05, 0) is 25.0 Å². The highest BCUT2D eigenvalue weighted by atomic mass is 35.5. The van der Waals surface area contributed by atoms with E-state index in [0.29, 0.717) is 36.0 Å². The number of urea groups is 1. The lowest BCUT2D eigenvalue weighted by Crippen LogP contribution is -2.45. The maximum atomic E-state index is 12.3. The number of primary amides is 1. The topological polar surface area (TPSA) is 84.7 Å². The van der Waals surface area contributed by atoms with Gasteiger partial charge in [-0.2, -0.15) is 0 Å². The molecule has 0 radical (unpaired) electrons. The van der Waals surface area contributed by atoms with Crippen LogP contribution in [-0.4, -0.2) is 37.0 Å². The van der Waals surface area contributed by atoms with E-state index in [1.807, 2.05) is 0 Å². The molecular formula is C14H18ClN3O3. The first-order chi connectivity index (χ1) is 10.0. The fourth-order valence-corrected chi connectivity index (χ4v) is 2.59. The van der Waals surface area contributed by atoms with Crippen LogP contribution in [0.1, 0.15) is 12.8 Å². The number of para-hydroxylation sites is 1. The van der Waals surface area contributed by atoms with Crippen molar-refractivity contribution in [3.63, 3.8) is 0 Å². The Morgan fingerprint density at radius 1 is 1.48 bits per heavy atom. The van der Waals surface area contributed by atoms with Crippen molar-refractivity contribution in [1.82, 2.24) is 4.90 Å². The number of hydrogen-bond acceptors (Lipinski definition) is 3. The molecule has 7 heteroatoms. The summed E-state index contributed by atoms with van der Waals surface area (Å²) in [7, 11) is 1.51. The van der Waals surface area contributed by atoms with Crippen molar-refractivity contribution in [3.8, 4) is 5.75 Å². The monoisotopic (exact) mass is 311 g/mol. The van der Waals surface area contributed by atoms with Gasteiger partial charge in [0.1, 0.15) is 11.4 Å². The second kappa shape index (κ2) is 6.67. The zero-order valence-electron chi connectivity index (χ0n) is 11.8. The second-order valence-electron chi connectivity index (χ2n) is 4.93. The van der Waals surface area contributed by atoms with Crippen LogP contribution >= 0.6 is 11.6 Å². The van der Waals surface area contributed by atoms with E-state index in [2.05, 4.69) is 5.32 Å². The van der Waals surface area contributed by atoms with Gasteiger partial charge in [-0.3, -0.25) is 4.79 Å². The van der Waals surface area contributed by atoms with Gasteiger partial charge in [-0.15, -0.1) is 0 Å². The number of nitrogens with one attached hydrogen (secondary N) is 1. The molecule has 0 spiro atoms. The maximum absolute atomic E-state index is 12.3. The first kappa shape index (κ1) is 15.4. The Balaban J connectivity index is 2.09. The van der Waals surface area contributed by atoms with Gasteiger partial charge in [0, 0.05) is 13.1 Å². The van der Waals surface area contributed by atoms with Crippen molar-refractivity contribution in [2.24, 2.45) is 11.7 Å². The van der Waals surface area contributed by atoms with Crippen molar-refractivity contribution in [3.05, 3.63) is 23.2 Å². The van der Waals surface area contributed by atoms with Crippen molar-refractivity contribution >= 4 is 29.2 Å². The molecule has 1 aromatic rings. The number of halogens is 1. The third kappa shape index (κ3) is 3.58. The Kier molecular flexibility index (Phi) is 4.90. The zero-order valence-corrected chi connectivity index (χ0v) is 12.5. The van der Waals surface area contributed by atoms with Crippen LogP contribution in [0.4, 0.5) is 10.5 Å². The summed E-state index contributed by atoms with van der Waals surface area (Å²) in [6.07, 6.45) is 1.47. The zero-order chi connectivity index (χ0) is 15.4. The summed E-state index contributed by atoms with van der Waals surface area (Å²) in [4.78, 5) is 25.1. The molecule has 6 nitrogen and oxygen atoms in total. The van der Waals surface area contributed by atoms with Gasteiger partial charge >= 0.3 is 6.03 Å². The van der Waals surface area contributed by atoms with Gasteiger partial charge in [-0.1, -0.05) is 17.7 Å². The van der Waals surface area contributed by atoms with E-state index >= 15 is 0 Å². The van der Waals surface area contributed by atoms with Crippen LogP contribution in [0.2, 0.25) is 5.02 Å². The van der Waals surface area contributed by atoms with Crippen LogP contribution < -0.4 is 15.8 Å². The lowest BCUT2D eigenvalue weighted by atomic mass is 9.98. The fraction of sp³-hybridized carbons (Fsp3) is 0.429. The molecule has 3 N–H and O–H groups in total. The SMILES string of the molecule is COc1cccc(Cl)c1NC(=O)N1CCC[C@H](C(N)=O)C1. The quantitative estimate of drug-likeness (QED) is 0.896. The van der Waals surface area contributed by atoms with Crippen molar-refractivity contribution in [2.45, 2.75) is 12.8 Å². The highest BCUT2D eigenvalue weighted by Gasteiger charge is 2.27. The number of nitrogens with two attached hydrogens (primary N) is 1. The number of piperidine rings is 1. The second-order valence-corrected chi connectivity index (χ2v) is 5.34. The molecule has 0 aliphatic carbocycles. The van der Waals surface area contributed by atoms with Gasteiger partial charge in [-0.25, -0.2) is 4.79 Å². The van der Waals surface area contributed by atoms with Crippen molar-refractivity contribution in [1.29, 1.82) is 0 Å². The molecule has 1 fully saturated rings. The predicted octanol–water partition coefficient (Wildman–Crippen LogP) is 2.08. The van der Waals surface area contributed by atoms with E-state index in [1.165, 1.54) is 7.11 Å². The number of amides is 3. The lowest BCUT2D eigenvalue weighted by molar-refractivity contribution is -0.123. The Hall–Kier alpha value is -1.95. The summed E-state index contributed by atoms with van der Waals surface area (Å²) in [5.74, 6) is -0.181. The summed E-state index contributed by atoms with van der Waals surface area (Å²) < 4.78 is 5.18. The molecule has 3 amide bonds.